The largest absolute Gasteiger partial charge is 0.337 e. The lowest BCUT2D eigenvalue weighted by Gasteiger charge is -2.29. The Kier molecular flexibility index (Phi) is 4.56. The number of nitrogens with zero attached hydrogens (tertiary/aromatic N) is 2. The maximum absolute atomic E-state index is 13.0. The van der Waals surface area contributed by atoms with Crippen LogP contribution in [0.1, 0.15) is 40.9 Å². The first kappa shape index (κ1) is 17.5. The molecule has 138 valence electrons. The number of aryl methyl sites for hydroxylation is 1. The Hall–Kier alpha value is -2.88. The molecule has 0 atom stereocenters. The van der Waals surface area contributed by atoms with E-state index in [1.165, 1.54) is 11.1 Å². The van der Waals surface area contributed by atoms with Gasteiger partial charge in [0.25, 0.3) is 0 Å². The van der Waals surface area contributed by atoms with Gasteiger partial charge in [-0.3, -0.25) is 9.59 Å². The molecule has 4 rings (SSSR count). The zero-order valence-corrected chi connectivity index (χ0v) is 15.9. The molecule has 1 aliphatic heterocycles. The predicted octanol–water partition coefficient (Wildman–Crippen LogP) is 3.99. The first-order valence-electron chi connectivity index (χ1n) is 9.54. The molecule has 1 aliphatic rings. The zero-order chi connectivity index (χ0) is 19.0. The lowest BCUT2D eigenvalue weighted by Crippen LogP contribution is -2.37. The van der Waals surface area contributed by atoms with Crippen LogP contribution in [0.4, 0.5) is 0 Å². The van der Waals surface area contributed by atoms with Gasteiger partial charge in [0.05, 0.1) is 5.52 Å². The predicted molar refractivity (Wildman–Crippen MR) is 107 cm³/mol. The van der Waals surface area contributed by atoms with Crippen molar-refractivity contribution in [1.29, 1.82) is 0 Å². The van der Waals surface area contributed by atoms with E-state index in [-0.39, 0.29) is 18.2 Å². The number of fused-ring (bicyclic) bond motifs is 2. The molecule has 27 heavy (non-hydrogen) atoms. The minimum Gasteiger partial charge on any atom is -0.337 e. The van der Waals surface area contributed by atoms with E-state index in [0.717, 1.165) is 35.9 Å². The number of aromatic nitrogens is 1. The van der Waals surface area contributed by atoms with Crippen LogP contribution in [0.15, 0.2) is 48.7 Å². The molecule has 0 saturated carbocycles. The van der Waals surface area contributed by atoms with Crippen LogP contribution in [-0.2, 0) is 30.7 Å². The number of hydrogen-bond acceptors (Lipinski definition) is 2. The molecule has 1 aromatic heterocycles. The summed E-state index contributed by atoms with van der Waals surface area (Å²) in [6.07, 6.45) is 3.61. The van der Waals surface area contributed by atoms with Crippen LogP contribution in [0.25, 0.3) is 10.9 Å². The summed E-state index contributed by atoms with van der Waals surface area (Å²) in [6.45, 7) is 5.36. The van der Waals surface area contributed by atoms with E-state index in [0.29, 0.717) is 12.1 Å². The standard InChI is InChI=1S/C23H24N2O2/c1-3-17-9-6-10-20-21(16(2)26)14-25(23(17)20)15-22(27)24-12-11-18-7-4-5-8-19(18)13-24/h4-10,14H,3,11-13,15H2,1-2H3. The fourth-order valence-corrected chi connectivity index (χ4v) is 4.08. The number of carbonyl (C=O) groups excluding carboxylic acids is 2. The van der Waals surface area contributed by atoms with E-state index in [1.807, 2.05) is 33.9 Å². The second-order valence-corrected chi connectivity index (χ2v) is 7.23. The van der Waals surface area contributed by atoms with E-state index in [9.17, 15) is 9.59 Å². The lowest BCUT2D eigenvalue weighted by molar-refractivity contribution is -0.132. The van der Waals surface area contributed by atoms with Crippen LogP contribution < -0.4 is 0 Å². The Morgan fingerprint density at radius 3 is 2.56 bits per heavy atom. The second kappa shape index (κ2) is 7.03. The number of ketones is 1. The van der Waals surface area contributed by atoms with Crippen molar-refractivity contribution in [3.63, 3.8) is 0 Å². The lowest BCUT2D eigenvalue weighted by atomic mass is 10.00. The van der Waals surface area contributed by atoms with Gasteiger partial charge in [-0.1, -0.05) is 49.4 Å². The van der Waals surface area contributed by atoms with Crippen LogP contribution in [-0.4, -0.2) is 27.7 Å². The molecule has 3 aromatic rings. The molecule has 0 radical (unpaired) electrons. The summed E-state index contributed by atoms with van der Waals surface area (Å²) in [5, 5.41) is 0.943. The number of carbonyl (C=O) groups is 2. The molecule has 4 heteroatoms. The molecule has 0 spiro atoms. The molecule has 0 saturated heterocycles. The Bertz CT molecular complexity index is 1030. The van der Waals surface area contributed by atoms with Gasteiger partial charge in [0.2, 0.25) is 5.91 Å². The molecule has 2 heterocycles. The number of amides is 1. The topological polar surface area (TPSA) is 42.3 Å². The zero-order valence-electron chi connectivity index (χ0n) is 15.9. The van der Waals surface area contributed by atoms with Crippen molar-refractivity contribution in [2.75, 3.05) is 6.54 Å². The van der Waals surface area contributed by atoms with Crippen LogP contribution >= 0.6 is 0 Å². The number of rotatable bonds is 4. The van der Waals surface area contributed by atoms with Crippen LogP contribution in [0.2, 0.25) is 0 Å². The number of para-hydroxylation sites is 1. The van der Waals surface area contributed by atoms with E-state index < -0.39 is 0 Å². The van der Waals surface area contributed by atoms with Crippen molar-refractivity contribution in [2.45, 2.75) is 39.8 Å². The molecular formula is C23H24N2O2. The van der Waals surface area contributed by atoms with Gasteiger partial charge in [-0.2, -0.15) is 0 Å². The highest BCUT2D eigenvalue weighted by Crippen LogP contribution is 2.26. The minimum absolute atomic E-state index is 0.0337. The van der Waals surface area contributed by atoms with Gasteiger partial charge in [0.15, 0.2) is 5.78 Å². The Morgan fingerprint density at radius 2 is 1.81 bits per heavy atom. The Morgan fingerprint density at radius 1 is 1.04 bits per heavy atom. The van der Waals surface area contributed by atoms with Gasteiger partial charge in [0.1, 0.15) is 6.54 Å². The summed E-state index contributed by atoms with van der Waals surface area (Å²) >= 11 is 0. The van der Waals surface area contributed by atoms with Gasteiger partial charge in [-0.15, -0.1) is 0 Å². The first-order valence-corrected chi connectivity index (χ1v) is 9.54. The normalized spacial score (nSPS) is 13.6. The molecular weight excluding hydrogens is 336 g/mol. The molecule has 1 amide bonds. The number of benzene rings is 2. The third kappa shape index (κ3) is 3.16. The second-order valence-electron chi connectivity index (χ2n) is 7.23. The fourth-order valence-electron chi connectivity index (χ4n) is 4.08. The first-order chi connectivity index (χ1) is 13.1. The monoisotopic (exact) mass is 360 g/mol. The molecule has 0 unspecified atom stereocenters. The highest BCUT2D eigenvalue weighted by molar-refractivity contribution is 6.07. The molecule has 0 fully saturated rings. The molecule has 0 N–H and O–H groups in total. The molecule has 0 aliphatic carbocycles. The van der Waals surface area contributed by atoms with Gasteiger partial charge >= 0.3 is 0 Å². The van der Waals surface area contributed by atoms with Crippen molar-refractivity contribution in [1.82, 2.24) is 9.47 Å². The fraction of sp³-hybridized carbons (Fsp3) is 0.304. The van der Waals surface area contributed by atoms with E-state index in [2.05, 4.69) is 31.2 Å². The quantitative estimate of drug-likeness (QED) is 0.660. The number of hydrogen-bond donors (Lipinski definition) is 0. The average Bonchev–Trinajstić information content (AvgIpc) is 3.06. The Labute approximate surface area is 159 Å². The minimum atomic E-state index is 0.0337. The third-order valence-electron chi connectivity index (χ3n) is 5.53. The SMILES string of the molecule is CCc1cccc2c(C(C)=O)cn(CC(=O)N3CCc4ccccc4C3)c12. The molecule has 4 nitrogen and oxygen atoms in total. The summed E-state index contributed by atoms with van der Waals surface area (Å²) in [6, 6.07) is 14.4. The summed E-state index contributed by atoms with van der Waals surface area (Å²) in [5.74, 6) is 0.133. The summed E-state index contributed by atoms with van der Waals surface area (Å²) in [4.78, 5) is 27.0. The Balaban J connectivity index is 1.66. The van der Waals surface area contributed by atoms with Crippen molar-refractivity contribution in [2.24, 2.45) is 0 Å². The maximum Gasteiger partial charge on any atom is 0.242 e. The number of Topliss-reactive ketones (excluding diaryl/α,β-unsaturated/α-hetero) is 1. The smallest absolute Gasteiger partial charge is 0.242 e. The molecule has 2 aromatic carbocycles. The highest BCUT2D eigenvalue weighted by Gasteiger charge is 2.22. The maximum atomic E-state index is 13.0. The molecule has 0 bridgehead atoms. The van der Waals surface area contributed by atoms with Gasteiger partial charge in [-0.05, 0) is 36.5 Å². The van der Waals surface area contributed by atoms with Gasteiger partial charge in [-0.25, -0.2) is 0 Å². The highest BCUT2D eigenvalue weighted by atomic mass is 16.2. The van der Waals surface area contributed by atoms with Crippen molar-refractivity contribution in [3.8, 4) is 0 Å². The van der Waals surface area contributed by atoms with E-state index in [4.69, 9.17) is 0 Å². The van der Waals surface area contributed by atoms with E-state index >= 15 is 0 Å². The summed E-state index contributed by atoms with van der Waals surface area (Å²) < 4.78 is 1.97. The van der Waals surface area contributed by atoms with Crippen LogP contribution in [0.5, 0.6) is 0 Å². The van der Waals surface area contributed by atoms with Crippen molar-refractivity contribution < 1.29 is 9.59 Å². The van der Waals surface area contributed by atoms with Crippen LogP contribution in [0, 0.1) is 0 Å². The average molecular weight is 360 g/mol. The third-order valence-corrected chi connectivity index (χ3v) is 5.53. The van der Waals surface area contributed by atoms with E-state index in [1.54, 1.807) is 6.92 Å². The van der Waals surface area contributed by atoms with Crippen molar-refractivity contribution in [3.05, 3.63) is 70.9 Å². The summed E-state index contributed by atoms with van der Waals surface area (Å²) in [5.41, 5.74) is 5.43. The van der Waals surface area contributed by atoms with Gasteiger partial charge in [0, 0.05) is 30.2 Å². The summed E-state index contributed by atoms with van der Waals surface area (Å²) in [7, 11) is 0. The van der Waals surface area contributed by atoms with Crippen molar-refractivity contribution >= 4 is 22.6 Å². The van der Waals surface area contributed by atoms with Gasteiger partial charge < -0.3 is 9.47 Å². The van der Waals surface area contributed by atoms with Crippen LogP contribution in [0.3, 0.4) is 0 Å².